The third kappa shape index (κ3) is 3.40. The lowest BCUT2D eigenvalue weighted by molar-refractivity contribution is 0.157. The number of fused-ring (bicyclic) bond motifs is 1. The quantitative estimate of drug-likeness (QED) is 0.573. The molecule has 0 radical (unpaired) electrons. The molecule has 0 fully saturated rings. The number of benzene rings is 3. The second kappa shape index (κ2) is 7.05. The molecule has 0 aliphatic carbocycles. The van der Waals surface area contributed by atoms with Crippen LogP contribution in [-0.2, 0) is 6.54 Å². The summed E-state index contributed by atoms with van der Waals surface area (Å²) < 4.78 is 3.27. The number of thiazole rings is 1. The molecule has 1 aromatic heterocycles. The zero-order valence-corrected chi connectivity index (χ0v) is 14.4. The molecule has 0 saturated heterocycles. The van der Waals surface area contributed by atoms with Crippen LogP contribution in [0.25, 0.3) is 10.2 Å². The molecule has 4 aromatic rings. The molecule has 0 aliphatic heterocycles. The van der Waals surface area contributed by atoms with Crippen molar-refractivity contribution in [1.82, 2.24) is 4.57 Å². The molecule has 124 valence electrons. The van der Waals surface area contributed by atoms with Crippen molar-refractivity contribution in [3.8, 4) is 0 Å². The predicted molar refractivity (Wildman–Crippen MR) is 103 cm³/mol. The Kier molecular flexibility index (Phi) is 4.46. The highest BCUT2D eigenvalue weighted by atomic mass is 32.1. The summed E-state index contributed by atoms with van der Waals surface area (Å²) in [6.45, 7) is 0.472. The molecule has 0 saturated carbocycles. The average Bonchev–Trinajstić information content (AvgIpc) is 3.00. The molecular formula is C21H18N2OS. The number of hydrogen-bond donors (Lipinski definition) is 1. The Morgan fingerprint density at radius 2 is 1.48 bits per heavy atom. The minimum absolute atomic E-state index is 0.472. The second-order valence-corrected chi connectivity index (χ2v) is 6.85. The van der Waals surface area contributed by atoms with Gasteiger partial charge in [-0.2, -0.15) is 0 Å². The van der Waals surface area contributed by atoms with Gasteiger partial charge in [-0.25, -0.2) is 4.99 Å². The van der Waals surface area contributed by atoms with Crippen LogP contribution in [0.4, 0.5) is 5.69 Å². The highest BCUT2D eigenvalue weighted by Gasteiger charge is 2.12. The summed E-state index contributed by atoms with van der Waals surface area (Å²) >= 11 is 1.64. The van der Waals surface area contributed by atoms with Gasteiger partial charge in [0.2, 0.25) is 0 Å². The maximum Gasteiger partial charge on any atom is 0.191 e. The highest BCUT2D eigenvalue weighted by molar-refractivity contribution is 7.16. The first-order chi connectivity index (χ1) is 12.3. The lowest BCUT2D eigenvalue weighted by Gasteiger charge is -2.13. The summed E-state index contributed by atoms with van der Waals surface area (Å²) in [7, 11) is 0. The van der Waals surface area contributed by atoms with Crippen molar-refractivity contribution in [1.29, 1.82) is 0 Å². The van der Waals surface area contributed by atoms with Gasteiger partial charge in [0.25, 0.3) is 0 Å². The molecule has 0 aliphatic rings. The van der Waals surface area contributed by atoms with E-state index in [1.165, 1.54) is 0 Å². The van der Waals surface area contributed by atoms with Gasteiger partial charge < -0.3 is 9.67 Å². The smallest absolute Gasteiger partial charge is 0.191 e. The molecule has 0 amide bonds. The van der Waals surface area contributed by atoms with E-state index in [1.807, 2.05) is 72.8 Å². The van der Waals surface area contributed by atoms with E-state index in [-0.39, 0.29) is 0 Å². The zero-order valence-electron chi connectivity index (χ0n) is 13.6. The van der Waals surface area contributed by atoms with Crippen LogP contribution in [0.1, 0.15) is 11.7 Å². The minimum atomic E-state index is -0.575. The van der Waals surface area contributed by atoms with Gasteiger partial charge in [0.05, 0.1) is 28.6 Å². The molecule has 0 spiro atoms. The number of rotatable bonds is 4. The maximum atomic E-state index is 10.7. The van der Waals surface area contributed by atoms with E-state index in [0.29, 0.717) is 6.54 Å². The van der Waals surface area contributed by atoms with Gasteiger partial charge in [-0.3, -0.25) is 0 Å². The largest absolute Gasteiger partial charge is 0.387 e. The van der Waals surface area contributed by atoms with Crippen LogP contribution < -0.4 is 4.80 Å². The second-order valence-electron chi connectivity index (χ2n) is 5.84. The Morgan fingerprint density at radius 3 is 2.24 bits per heavy atom. The van der Waals surface area contributed by atoms with Crippen LogP contribution in [0.15, 0.2) is 89.9 Å². The van der Waals surface area contributed by atoms with Crippen molar-refractivity contribution in [3.05, 3.63) is 95.3 Å². The number of aliphatic hydroxyl groups excluding tert-OH is 1. The number of aliphatic hydroxyl groups is 1. The molecule has 25 heavy (non-hydrogen) atoms. The minimum Gasteiger partial charge on any atom is -0.387 e. The molecule has 1 atom stereocenters. The van der Waals surface area contributed by atoms with Crippen LogP contribution in [-0.4, -0.2) is 9.67 Å². The van der Waals surface area contributed by atoms with Crippen molar-refractivity contribution in [2.75, 3.05) is 0 Å². The summed E-state index contributed by atoms with van der Waals surface area (Å²) in [6.07, 6.45) is -0.575. The first-order valence-electron chi connectivity index (χ1n) is 8.22. The molecular weight excluding hydrogens is 328 g/mol. The van der Waals surface area contributed by atoms with Crippen LogP contribution in [0.2, 0.25) is 0 Å². The average molecular weight is 346 g/mol. The first kappa shape index (κ1) is 15.8. The molecule has 1 N–H and O–H groups in total. The monoisotopic (exact) mass is 346 g/mol. The summed E-state index contributed by atoms with van der Waals surface area (Å²) in [6, 6.07) is 27.9. The van der Waals surface area contributed by atoms with E-state index in [1.54, 1.807) is 11.3 Å². The number of para-hydroxylation sites is 2. The van der Waals surface area contributed by atoms with Gasteiger partial charge in [-0.15, -0.1) is 0 Å². The molecule has 4 rings (SSSR count). The summed E-state index contributed by atoms with van der Waals surface area (Å²) in [5.41, 5.74) is 2.92. The van der Waals surface area contributed by atoms with Crippen LogP contribution in [0.5, 0.6) is 0 Å². The topological polar surface area (TPSA) is 37.5 Å². The molecule has 4 heteroatoms. The third-order valence-corrected chi connectivity index (χ3v) is 5.17. The van der Waals surface area contributed by atoms with E-state index in [0.717, 1.165) is 26.3 Å². The molecule has 0 bridgehead atoms. The Hall–Kier alpha value is -2.69. The summed E-state index contributed by atoms with van der Waals surface area (Å²) in [5, 5.41) is 10.7. The predicted octanol–water partition coefficient (Wildman–Crippen LogP) is 4.67. The van der Waals surface area contributed by atoms with Gasteiger partial charge >= 0.3 is 0 Å². The standard InChI is InChI=1S/C21H18N2OS/c24-19(16-9-3-1-4-10-16)15-23-18-13-7-8-14-20(18)25-21(23)22-17-11-5-2-6-12-17/h1-14,19,24H,15H2. The van der Waals surface area contributed by atoms with E-state index < -0.39 is 6.10 Å². The van der Waals surface area contributed by atoms with E-state index in [4.69, 9.17) is 4.99 Å². The normalized spacial score (nSPS) is 13.2. The van der Waals surface area contributed by atoms with Crippen molar-refractivity contribution in [2.24, 2.45) is 4.99 Å². The Labute approximate surface area is 150 Å². The SMILES string of the molecule is OC(Cn1c(=Nc2ccccc2)sc2ccccc21)c1ccccc1. The van der Waals surface area contributed by atoms with Gasteiger partial charge in [-0.05, 0) is 29.8 Å². The maximum absolute atomic E-state index is 10.7. The third-order valence-electron chi connectivity index (χ3n) is 4.11. The fraction of sp³-hybridized carbons (Fsp3) is 0.0952. The lowest BCUT2D eigenvalue weighted by atomic mass is 10.1. The highest BCUT2D eigenvalue weighted by Crippen LogP contribution is 2.21. The van der Waals surface area contributed by atoms with Crippen LogP contribution in [0.3, 0.4) is 0 Å². The van der Waals surface area contributed by atoms with Crippen molar-refractivity contribution < 1.29 is 5.11 Å². The van der Waals surface area contributed by atoms with E-state index in [9.17, 15) is 5.11 Å². The zero-order chi connectivity index (χ0) is 17.1. The summed E-state index contributed by atoms with van der Waals surface area (Å²) in [4.78, 5) is 5.69. The van der Waals surface area contributed by atoms with Gasteiger partial charge in [0.15, 0.2) is 4.80 Å². The fourth-order valence-electron chi connectivity index (χ4n) is 2.85. The Bertz CT molecular complexity index is 1040. The molecule has 1 unspecified atom stereocenters. The van der Waals surface area contributed by atoms with Crippen molar-refractivity contribution in [2.45, 2.75) is 12.6 Å². The van der Waals surface area contributed by atoms with Gasteiger partial charge in [0, 0.05) is 0 Å². The van der Waals surface area contributed by atoms with Crippen LogP contribution in [0, 0.1) is 0 Å². The number of aromatic nitrogens is 1. The van der Waals surface area contributed by atoms with Crippen molar-refractivity contribution >= 4 is 27.2 Å². The number of nitrogens with zero attached hydrogens (tertiary/aromatic N) is 2. The molecule has 1 heterocycles. The fourth-order valence-corrected chi connectivity index (χ4v) is 3.91. The Balaban J connectivity index is 1.81. The van der Waals surface area contributed by atoms with E-state index >= 15 is 0 Å². The lowest BCUT2D eigenvalue weighted by Crippen LogP contribution is -2.19. The molecule has 3 nitrogen and oxygen atoms in total. The van der Waals surface area contributed by atoms with E-state index in [2.05, 4.69) is 16.7 Å². The van der Waals surface area contributed by atoms with Gasteiger partial charge in [0.1, 0.15) is 0 Å². The first-order valence-corrected chi connectivity index (χ1v) is 9.04. The summed E-state index contributed by atoms with van der Waals surface area (Å²) in [5.74, 6) is 0. The van der Waals surface area contributed by atoms with Crippen LogP contribution >= 0.6 is 11.3 Å². The van der Waals surface area contributed by atoms with Crippen molar-refractivity contribution in [3.63, 3.8) is 0 Å². The van der Waals surface area contributed by atoms with Gasteiger partial charge in [-0.1, -0.05) is 72.0 Å². The number of hydrogen-bond acceptors (Lipinski definition) is 3. The Morgan fingerprint density at radius 1 is 0.840 bits per heavy atom. The molecule has 3 aromatic carbocycles.